The smallest absolute Gasteiger partial charge is 0.137 e. The molecular weight excluding hydrogens is 338 g/mol. The van der Waals surface area contributed by atoms with Gasteiger partial charge in [0, 0.05) is 17.6 Å². The van der Waals surface area contributed by atoms with Crippen LogP contribution in [0.1, 0.15) is 5.56 Å². The van der Waals surface area contributed by atoms with Crippen LogP contribution in [0.4, 0.5) is 0 Å². The van der Waals surface area contributed by atoms with Crippen molar-refractivity contribution in [3.8, 4) is 5.75 Å². The Morgan fingerprint density at radius 2 is 1.90 bits per heavy atom. The first kappa shape index (κ1) is 13.9. The molecular formula is C16H15BrClNO. The number of para-hydroxylation sites is 1. The lowest BCUT2D eigenvalue weighted by Gasteiger charge is -2.09. The van der Waals surface area contributed by atoms with Crippen LogP contribution >= 0.6 is 27.5 Å². The third kappa shape index (κ3) is 3.35. The minimum atomic E-state index is 0.485. The van der Waals surface area contributed by atoms with Crippen LogP contribution in [0.3, 0.4) is 0 Å². The van der Waals surface area contributed by atoms with Crippen molar-refractivity contribution in [3.05, 3.63) is 63.6 Å². The van der Waals surface area contributed by atoms with Crippen molar-refractivity contribution in [1.82, 2.24) is 4.90 Å². The van der Waals surface area contributed by atoms with Gasteiger partial charge >= 0.3 is 0 Å². The summed E-state index contributed by atoms with van der Waals surface area (Å²) in [6.45, 7) is 2.72. The average Bonchev–Trinajstić information content (AvgIpc) is 3.19. The van der Waals surface area contributed by atoms with Crippen LogP contribution in [0.25, 0.3) is 0 Å². The molecule has 1 fully saturated rings. The molecule has 0 aromatic heterocycles. The fourth-order valence-corrected chi connectivity index (χ4v) is 2.77. The molecule has 0 N–H and O–H groups in total. The van der Waals surface area contributed by atoms with Gasteiger partial charge in [0.05, 0.1) is 11.1 Å². The van der Waals surface area contributed by atoms with Crippen molar-refractivity contribution in [2.24, 2.45) is 0 Å². The SMILES string of the molecule is Clc1ccccc1OCC1CN1Cc1ccccc1Br. The standard InChI is InChI=1S/C16H15BrClNO/c17-14-6-2-1-5-12(14)9-19-10-13(19)11-20-16-8-4-3-7-15(16)18/h1-8,13H,9-11H2. The predicted molar refractivity (Wildman–Crippen MR) is 85.3 cm³/mol. The number of benzene rings is 2. The Bertz CT molecular complexity index is 605. The zero-order valence-electron chi connectivity index (χ0n) is 10.9. The molecule has 104 valence electrons. The lowest BCUT2D eigenvalue weighted by molar-refractivity contribution is 0.293. The summed E-state index contributed by atoms with van der Waals surface area (Å²) < 4.78 is 6.94. The molecule has 1 heterocycles. The maximum absolute atomic E-state index is 6.07. The number of rotatable bonds is 5. The molecule has 20 heavy (non-hydrogen) atoms. The van der Waals surface area contributed by atoms with Crippen LogP contribution in [-0.2, 0) is 6.54 Å². The highest BCUT2D eigenvalue weighted by atomic mass is 79.9. The van der Waals surface area contributed by atoms with Gasteiger partial charge in [0.25, 0.3) is 0 Å². The molecule has 1 aliphatic heterocycles. The first-order valence-corrected chi connectivity index (χ1v) is 7.76. The number of nitrogens with zero attached hydrogens (tertiary/aromatic N) is 1. The third-order valence-corrected chi connectivity index (χ3v) is 4.51. The molecule has 0 aliphatic carbocycles. The van der Waals surface area contributed by atoms with E-state index in [9.17, 15) is 0 Å². The van der Waals surface area contributed by atoms with Gasteiger partial charge in [0.2, 0.25) is 0 Å². The number of ether oxygens (including phenoxy) is 1. The van der Waals surface area contributed by atoms with Gasteiger partial charge in [-0.15, -0.1) is 0 Å². The van der Waals surface area contributed by atoms with Crippen LogP contribution in [-0.4, -0.2) is 24.1 Å². The average molecular weight is 353 g/mol. The van der Waals surface area contributed by atoms with E-state index < -0.39 is 0 Å². The van der Waals surface area contributed by atoms with Gasteiger partial charge in [-0.1, -0.05) is 57.9 Å². The Balaban J connectivity index is 1.51. The maximum Gasteiger partial charge on any atom is 0.137 e. The van der Waals surface area contributed by atoms with Crippen molar-refractivity contribution in [2.75, 3.05) is 13.2 Å². The fourth-order valence-electron chi connectivity index (χ4n) is 2.17. The van der Waals surface area contributed by atoms with Crippen molar-refractivity contribution < 1.29 is 4.74 Å². The Kier molecular flexibility index (Phi) is 4.29. The molecule has 0 radical (unpaired) electrons. The lowest BCUT2D eigenvalue weighted by Crippen LogP contribution is -2.11. The van der Waals surface area contributed by atoms with E-state index in [1.54, 1.807) is 0 Å². The van der Waals surface area contributed by atoms with E-state index in [0.717, 1.165) is 23.3 Å². The summed E-state index contributed by atoms with van der Waals surface area (Å²) in [5.74, 6) is 0.766. The minimum Gasteiger partial charge on any atom is -0.490 e. The molecule has 1 saturated heterocycles. The second kappa shape index (κ2) is 6.17. The van der Waals surface area contributed by atoms with Gasteiger partial charge in [-0.25, -0.2) is 0 Å². The summed E-state index contributed by atoms with van der Waals surface area (Å²) in [4.78, 5) is 2.39. The Morgan fingerprint density at radius 3 is 2.70 bits per heavy atom. The van der Waals surface area contributed by atoms with Crippen molar-refractivity contribution >= 4 is 27.5 Å². The topological polar surface area (TPSA) is 12.2 Å². The molecule has 2 nitrogen and oxygen atoms in total. The molecule has 1 aliphatic rings. The quantitative estimate of drug-likeness (QED) is 0.741. The monoisotopic (exact) mass is 351 g/mol. The van der Waals surface area contributed by atoms with Crippen molar-refractivity contribution in [1.29, 1.82) is 0 Å². The Labute approximate surface area is 132 Å². The second-order valence-electron chi connectivity index (χ2n) is 4.92. The molecule has 2 aromatic carbocycles. The van der Waals surface area contributed by atoms with Crippen LogP contribution < -0.4 is 4.74 Å². The first-order chi connectivity index (χ1) is 9.74. The van der Waals surface area contributed by atoms with Crippen LogP contribution in [0.15, 0.2) is 53.0 Å². The Hall–Kier alpha value is -1.03. The maximum atomic E-state index is 6.07. The number of halogens is 2. The van der Waals surface area contributed by atoms with E-state index in [1.807, 2.05) is 30.3 Å². The van der Waals surface area contributed by atoms with Crippen LogP contribution in [0.5, 0.6) is 5.75 Å². The van der Waals surface area contributed by atoms with E-state index in [2.05, 4.69) is 39.0 Å². The summed E-state index contributed by atoms with van der Waals surface area (Å²) in [5, 5.41) is 0.672. The highest BCUT2D eigenvalue weighted by molar-refractivity contribution is 9.10. The zero-order chi connectivity index (χ0) is 13.9. The van der Waals surface area contributed by atoms with Gasteiger partial charge in [-0.3, -0.25) is 4.90 Å². The third-order valence-electron chi connectivity index (χ3n) is 3.43. The lowest BCUT2D eigenvalue weighted by atomic mass is 10.2. The zero-order valence-corrected chi connectivity index (χ0v) is 13.3. The molecule has 2 unspecified atom stereocenters. The van der Waals surface area contributed by atoms with Crippen LogP contribution in [0, 0.1) is 0 Å². The van der Waals surface area contributed by atoms with Crippen molar-refractivity contribution in [3.63, 3.8) is 0 Å². The van der Waals surface area contributed by atoms with Crippen LogP contribution in [0.2, 0.25) is 5.02 Å². The summed E-state index contributed by atoms with van der Waals surface area (Å²) in [7, 11) is 0. The van der Waals surface area contributed by atoms with E-state index >= 15 is 0 Å². The summed E-state index contributed by atoms with van der Waals surface area (Å²) in [6, 6.07) is 16.4. The van der Waals surface area contributed by atoms with Gasteiger partial charge in [0.1, 0.15) is 12.4 Å². The molecule has 2 atom stereocenters. The van der Waals surface area contributed by atoms with E-state index in [1.165, 1.54) is 5.56 Å². The molecule has 4 heteroatoms. The molecule has 0 amide bonds. The van der Waals surface area contributed by atoms with E-state index in [0.29, 0.717) is 17.7 Å². The highest BCUT2D eigenvalue weighted by Gasteiger charge is 2.34. The minimum absolute atomic E-state index is 0.485. The molecule has 3 rings (SSSR count). The van der Waals surface area contributed by atoms with Gasteiger partial charge in [-0.05, 0) is 23.8 Å². The normalized spacial score (nSPS) is 20.7. The largest absolute Gasteiger partial charge is 0.490 e. The molecule has 0 spiro atoms. The molecule has 0 saturated carbocycles. The Morgan fingerprint density at radius 1 is 1.15 bits per heavy atom. The number of hydrogen-bond acceptors (Lipinski definition) is 2. The summed E-state index contributed by atoms with van der Waals surface area (Å²) >= 11 is 9.65. The molecule has 2 aromatic rings. The second-order valence-corrected chi connectivity index (χ2v) is 6.18. The van der Waals surface area contributed by atoms with E-state index in [4.69, 9.17) is 16.3 Å². The fraction of sp³-hybridized carbons (Fsp3) is 0.250. The summed E-state index contributed by atoms with van der Waals surface area (Å²) in [5.41, 5.74) is 1.31. The van der Waals surface area contributed by atoms with Gasteiger partial charge in [-0.2, -0.15) is 0 Å². The summed E-state index contributed by atoms with van der Waals surface area (Å²) in [6.07, 6.45) is 0. The molecule has 0 bridgehead atoms. The van der Waals surface area contributed by atoms with Gasteiger partial charge < -0.3 is 4.74 Å². The predicted octanol–water partition coefficient (Wildman–Crippen LogP) is 4.37. The number of hydrogen-bond donors (Lipinski definition) is 0. The first-order valence-electron chi connectivity index (χ1n) is 6.59. The van der Waals surface area contributed by atoms with E-state index in [-0.39, 0.29) is 0 Å². The van der Waals surface area contributed by atoms with Gasteiger partial charge in [0.15, 0.2) is 0 Å². The van der Waals surface area contributed by atoms with Crippen molar-refractivity contribution in [2.45, 2.75) is 12.6 Å². The highest BCUT2D eigenvalue weighted by Crippen LogP contribution is 2.28.